The van der Waals surface area contributed by atoms with Crippen LogP contribution in [-0.2, 0) is 22.7 Å². The first-order chi connectivity index (χ1) is 18.8. The summed E-state index contributed by atoms with van der Waals surface area (Å²) in [4.78, 5) is 56.4. The average molecular weight is 538 g/mol. The van der Waals surface area contributed by atoms with E-state index < -0.39 is 53.8 Å². The minimum absolute atomic E-state index is 0.130. The molecule has 1 aliphatic heterocycles. The second-order valence-corrected chi connectivity index (χ2v) is 9.95. The summed E-state index contributed by atoms with van der Waals surface area (Å²) in [7, 11) is 0. The number of rotatable bonds is 8. The molecule has 5 rings (SSSR count). The van der Waals surface area contributed by atoms with Crippen molar-refractivity contribution in [3.05, 3.63) is 98.3 Å². The SMILES string of the molecule is CCn1c(=O)ccn(CC(=O)N2CC(F)CC2C(=O)NC(c2ccccc2)c2ccc(C3CC3)c(F)n2)c1=O. The number of hydrogen-bond acceptors (Lipinski definition) is 5. The highest BCUT2D eigenvalue weighted by Gasteiger charge is 2.41. The molecule has 2 aromatic heterocycles. The third-order valence-corrected chi connectivity index (χ3v) is 7.27. The van der Waals surface area contributed by atoms with Gasteiger partial charge in [0.05, 0.1) is 18.3 Å². The van der Waals surface area contributed by atoms with Gasteiger partial charge in [0, 0.05) is 30.8 Å². The van der Waals surface area contributed by atoms with Crippen LogP contribution in [0.4, 0.5) is 8.78 Å². The molecule has 0 radical (unpaired) electrons. The van der Waals surface area contributed by atoms with Gasteiger partial charge in [-0.15, -0.1) is 0 Å². The molecule has 11 heteroatoms. The second kappa shape index (κ2) is 10.9. The van der Waals surface area contributed by atoms with Crippen LogP contribution in [0.5, 0.6) is 0 Å². The maximum atomic E-state index is 14.8. The molecule has 2 fully saturated rings. The zero-order chi connectivity index (χ0) is 27.7. The first-order valence-electron chi connectivity index (χ1n) is 13.0. The molecule has 1 N–H and O–H groups in total. The number of hydrogen-bond donors (Lipinski definition) is 1. The maximum Gasteiger partial charge on any atom is 0.331 e. The third-order valence-electron chi connectivity index (χ3n) is 7.27. The number of carbonyl (C=O) groups is 2. The summed E-state index contributed by atoms with van der Waals surface area (Å²) in [5.41, 5.74) is 0.336. The molecule has 1 saturated carbocycles. The molecule has 1 aliphatic carbocycles. The molecule has 2 aliphatic rings. The minimum Gasteiger partial charge on any atom is -0.342 e. The highest BCUT2D eigenvalue weighted by Crippen LogP contribution is 2.41. The zero-order valence-corrected chi connectivity index (χ0v) is 21.4. The number of likely N-dealkylation sites (tertiary alicyclic amines) is 1. The van der Waals surface area contributed by atoms with Crippen molar-refractivity contribution in [3.63, 3.8) is 0 Å². The number of halogens is 2. The molecule has 9 nitrogen and oxygen atoms in total. The number of aromatic nitrogens is 3. The van der Waals surface area contributed by atoms with Gasteiger partial charge in [0.25, 0.3) is 5.56 Å². The summed E-state index contributed by atoms with van der Waals surface area (Å²) in [5.74, 6) is -1.66. The van der Waals surface area contributed by atoms with E-state index in [2.05, 4.69) is 10.3 Å². The summed E-state index contributed by atoms with van der Waals surface area (Å²) < 4.78 is 31.4. The first kappa shape index (κ1) is 26.5. The number of benzene rings is 1. The number of carbonyl (C=O) groups excluding carboxylic acids is 2. The van der Waals surface area contributed by atoms with E-state index in [0.717, 1.165) is 26.9 Å². The predicted octanol–water partition coefficient (Wildman–Crippen LogP) is 2.29. The van der Waals surface area contributed by atoms with Gasteiger partial charge in [-0.25, -0.2) is 14.2 Å². The summed E-state index contributed by atoms with van der Waals surface area (Å²) >= 11 is 0. The third kappa shape index (κ3) is 5.52. The summed E-state index contributed by atoms with van der Waals surface area (Å²) in [6.07, 6.45) is 1.39. The van der Waals surface area contributed by atoms with E-state index in [4.69, 9.17) is 0 Å². The molecule has 204 valence electrons. The van der Waals surface area contributed by atoms with Crippen molar-refractivity contribution in [2.45, 2.75) is 63.4 Å². The fraction of sp³-hybridized carbons (Fsp3) is 0.393. The Balaban J connectivity index is 1.39. The lowest BCUT2D eigenvalue weighted by molar-refractivity contribution is -0.139. The Morgan fingerprint density at radius 1 is 1.10 bits per heavy atom. The van der Waals surface area contributed by atoms with E-state index in [9.17, 15) is 28.0 Å². The fourth-order valence-corrected chi connectivity index (χ4v) is 5.04. The van der Waals surface area contributed by atoms with Crippen LogP contribution in [0.25, 0.3) is 0 Å². The second-order valence-electron chi connectivity index (χ2n) is 9.95. The van der Waals surface area contributed by atoms with Gasteiger partial charge in [-0.3, -0.25) is 23.5 Å². The molecule has 3 aromatic rings. The van der Waals surface area contributed by atoms with Gasteiger partial charge in [-0.1, -0.05) is 36.4 Å². The van der Waals surface area contributed by atoms with Crippen molar-refractivity contribution >= 4 is 11.8 Å². The van der Waals surface area contributed by atoms with Gasteiger partial charge in [0.1, 0.15) is 18.8 Å². The van der Waals surface area contributed by atoms with E-state index in [-0.39, 0.29) is 31.1 Å². The summed E-state index contributed by atoms with van der Waals surface area (Å²) in [5, 5.41) is 2.85. The van der Waals surface area contributed by atoms with Crippen molar-refractivity contribution in [2.75, 3.05) is 6.54 Å². The van der Waals surface area contributed by atoms with Crippen molar-refractivity contribution in [2.24, 2.45) is 0 Å². The number of amides is 2. The Kier molecular flexibility index (Phi) is 7.40. The van der Waals surface area contributed by atoms with Gasteiger partial charge < -0.3 is 10.2 Å². The maximum absolute atomic E-state index is 14.8. The highest BCUT2D eigenvalue weighted by molar-refractivity contribution is 5.88. The lowest BCUT2D eigenvalue weighted by Gasteiger charge is -2.27. The molecule has 3 atom stereocenters. The van der Waals surface area contributed by atoms with Crippen molar-refractivity contribution in [1.29, 1.82) is 0 Å². The Hall–Kier alpha value is -4.15. The summed E-state index contributed by atoms with van der Waals surface area (Å²) in [6.45, 7) is 1.00. The van der Waals surface area contributed by atoms with Crippen molar-refractivity contribution < 1.29 is 18.4 Å². The van der Waals surface area contributed by atoms with Crippen LogP contribution in [0, 0.1) is 5.95 Å². The number of nitrogens with zero attached hydrogens (tertiary/aromatic N) is 4. The first-order valence-corrected chi connectivity index (χ1v) is 13.0. The molecule has 39 heavy (non-hydrogen) atoms. The minimum atomic E-state index is -1.44. The molecule has 0 spiro atoms. The van der Waals surface area contributed by atoms with Crippen LogP contribution in [-0.4, -0.2) is 49.6 Å². The van der Waals surface area contributed by atoms with Crippen LogP contribution in [0.3, 0.4) is 0 Å². The van der Waals surface area contributed by atoms with Crippen LogP contribution in [0.1, 0.15) is 55.0 Å². The molecule has 0 bridgehead atoms. The van der Waals surface area contributed by atoms with E-state index in [0.29, 0.717) is 11.1 Å². The number of alkyl halides is 1. The number of nitrogens with one attached hydrogen (secondary N) is 1. The van der Waals surface area contributed by atoms with Gasteiger partial charge in [0.15, 0.2) is 0 Å². The quantitative estimate of drug-likeness (QED) is 0.444. The van der Waals surface area contributed by atoms with Crippen LogP contribution in [0.2, 0.25) is 0 Å². The Labute approximate surface area is 223 Å². The van der Waals surface area contributed by atoms with Crippen molar-refractivity contribution in [1.82, 2.24) is 24.3 Å². The standard InChI is InChI=1S/C28H29F2N5O4/c1-2-34-23(36)12-13-33(28(34)39)16-24(37)35-15-19(29)14-22(35)27(38)32-25(18-6-4-3-5-7-18)21-11-10-20(17-8-9-17)26(30)31-21/h3-7,10-13,17,19,22,25H,2,8-9,14-16H2,1H3,(H,32,38). The topological polar surface area (TPSA) is 106 Å². The lowest BCUT2D eigenvalue weighted by Crippen LogP contribution is -2.49. The van der Waals surface area contributed by atoms with E-state index in [1.54, 1.807) is 49.4 Å². The van der Waals surface area contributed by atoms with Crippen molar-refractivity contribution in [3.8, 4) is 0 Å². The molecule has 2 amide bonds. The van der Waals surface area contributed by atoms with Crippen LogP contribution >= 0.6 is 0 Å². The number of pyridine rings is 1. The predicted molar refractivity (Wildman–Crippen MR) is 138 cm³/mol. The normalized spacial score (nSPS) is 19.6. The summed E-state index contributed by atoms with van der Waals surface area (Å²) in [6, 6.07) is 11.5. The molecular weight excluding hydrogens is 508 g/mol. The van der Waals surface area contributed by atoms with Gasteiger partial charge in [-0.05, 0) is 37.3 Å². The molecule has 1 aromatic carbocycles. The molecule has 1 saturated heterocycles. The van der Waals surface area contributed by atoms with Gasteiger partial charge in [-0.2, -0.15) is 4.39 Å². The highest BCUT2D eigenvalue weighted by atomic mass is 19.1. The van der Waals surface area contributed by atoms with E-state index in [1.807, 2.05) is 0 Å². The van der Waals surface area contributed by atoms with Gasteiger partial charge >= 0.3 is 5.69 Å². The van der Waals surface area contributed by atoms with Gasteiger partial charge in [0.2, 0.25) is 17.8 Å². The van der Waals surface area contributed by atoms with Crippen LogP contribution < -0.4 is 16.6 Å². The smallest absolute Gasteiger partial charge is 0.331 e. The largest absolute Gasteiger partial charge is 0.342 e. The molecule has 3 heterocycles. The Bertz CT molecular complexity index is 1500. The molecule has 3 unspecified atom stereocenters. The average Bonchev–Trinajstić information content (AvgIpc) is 3.69. The molecular formula is C28H29F2N5O4. The van der Waals surface area contributed by atoms with E-state index in [1.165, 1.54) is 12.3 Å². The van der Waals surface area contributed by atoms with Crippen LogP contribution in [0.15, 0.2) is 64.3 Å². The fourth-order valence-electron chi connectivity index (χ4n) is 5.04. The lowest BCUT2D eigenvalue weighted by atomic mass is 10.0. The zero-order valence-electron chi connectivity index (χ0n) is 21.4. The van der Waals surface area contributed by atoms with E-state index >= 15 is 0 Å². The Morgan fingerprint density at radius 2 is 1.85 bits per heavy atom. The Morgan fingerprint density at radius 3 is 2.51 bits per heavy atom. The monoisotopic (exact) mass is 537 g/mol.